The first kappa shape index (κ1) is 15.8. The largest absolute Gasteiger partial charge is 0.381 e. The first-order valence-corrected chi connectivity index (χ1v) is 7.98. The van der Waals surface area contributed by atoms with Gasteiger partial charge >= 0.3 is 0 Å². The lowest BCUT2D eigenvalue weighted by atomic mass is 9.64. The van der Waals surface area contributed by atoms with Crippen molar-refractivity contribution in [2.75, 3.05) is 20.2 Å². The minimum atomic E-state index is 0.0556. The molecule has 0 aromatic carbocycles. The van der Waals surface area contributed by atoms with Crippen molar-refractivity contribution in [1.29, 1.82) is 0 Å². The molecule has 2 fully saturated rings. The van der Waals surface area contributed by atoms with Crippen LogP contribution in [0.3, 0.4) is 0 Å². The van der Waals surface area contributed by atoms with Crippen molar-refractivity contribution in [2.45, 2.75) is 58.6 Å². The van der Waals surface area contributed by atoms with E-state index in [4.69, 9.17) is 4.74 Å². The van der Waals surface area contributed by atoms with Crippen LogP contribution in [0.25, 0.3) is 0 Å². The van der Waals surface area contributed by atoms with Crippen LogP contribution in [0.2, 0.25) is 0 Å². The van der Waals surface area contributed by atoms with Gasteiger partial charge in [0.25, 0.3) is 0 Å². The van der Waals surface area contributed by atoms with Crippen molar-refractivity contribution in [2.24, 2.45) is 17.3 Å². The second kappa shape index (κ2) is 6.44. The monoisotopic (exact) mass is 282 g/mol. The van der Waals surface area contributed by atoms with Crippen molar-refractivity contribution in [3.05, 3.63) is 0 Å². The number of methoxy groups -OCH3 is 1. The van der Waals surface area contributed by atoms with E-state index >= 15 is 0 Å². The number of piperidine rings is 1. The third-order valence-corrected chi connectivity index (χ3v) is 5.44. The van der Waals surface area contributed by atoms with Crippen LogP contribution in [-0.2, 0) is 9.53 Å². The molecule has 1 aliphatic heterocycles. The summed E-state index contributed by atoms with van der Waals surface area (Å²) >= 11 is 0. The third kappa shape index (κ3) is 3.34. The Bertz CT molecular complexity index is 337. The summed E-state index contributed by atoms with van der Waals surface area (Å²) in [6.45, 7) is 8.74. The van der Waals surface area contributed by atoms with Crippen LogP contribution in [0.5, 0.6) is 0 Å². The zero-order valence-electron chi connectivity index (χ0n) is 13.4. The van der Waals surface area contributed by atoms with Gasteiger partial charge in [0.15, 0.2) is 0 Å². The average molecular weight is 282 g/mol. The number of carbonyl (C=O) groups is 1. The highest BCUT2D eigenvalue weighted by atomic mass is 16.5. The van der Waals surface area contributed by atoms with Gasteiger partial charge in [-0.25, -0.2) is 0 Å². The number of nitrogens with one attached hydrogen (secondary N) is 2. The highest BCUT2D eigenvalue weighted by molar-refractivity contribution is 5.76. The summed E-state index contributed by atoms with van der Waals surface area (Å²) in [5.41, 5.74) is 0.0556. The Morgan fingerprint density at radius 3 is 2.80 bits per heavy atom. The molecule has 4 heteroatoms. The molecule has 0 spiro atoms. The van der Waals surface area contributed by atoms with Crippen molar-refractivity contribution in [1.82, 2.24) is 10.6 Å². The van der Waals surface area contributed by atoms with E-state index in [-0.39, 0.29) is 23.5 Å². The normalized spacial score (nSPS) is 34.1. The molecule has 0 aromatic rings. The predicted octanol–water partition coefficient (Wildman–Crippen LogP) is 1.94. The topological polar surface area (TPSA) is 50.4 Å². The van der Waals surface area contributed by atoms with Gasteiger partial charge in [-0.2, -0.15) is 0 Å². The lowest BCUT2D eigenvalue weighted by Gasteiger charge is -2.51. The summed E-state index contributed by atoms with van der Waals surface area (Å²) in [5, 5.41) is 6.63. The Morgan fingerprint density at radius 2 is 2.25 bits per heavy atom. The molecule has 2 rings (SSSR count). The molecule has 1 saturated carbocycles. The number of amides is 1. The van der Waals surface area contributed by atoms with Gasteiger partial charge in [-0.15, -0.1) is 0 Å². The highest BCUT2D eigenvalue weighted by Gasteiger charge is 2.49. The van der Waals surface area contributed by atoms with E-state index in [9.17, 15) is 4.79 Å². The molecule has 0 radical (unpaired) electrons. The van der Waals surface area contributed by atoms with Crippen LogP contribution >= 0.6 is 0 Å². The van der Waals surface area contributed by atoms with Crippen LogP contribution in [0.15, 0.2) is 0 Å². The minimum Gasteiger partial charge on any atom is -0.381 e. The molecule has 4 nitrogen and oxygen atoms in total. The number of rotatable bonds is 5. The van der Waals surface area contributed by atoms with E-state index in [1.165, 1.54) is 12.8 Å². The standard InChI is InChI=1S/C16H30N2O2/c1-11(12-6-5-7-17-10-12)8-15(19)18-13-9-14(20-4)16(13,2)3/h11-14,17H,5-10H2,1-4H3,(H,18,19). The van der Waals surface area contributed by atoms with Crippen LogP contribution < -0.4 is 10.6 Å². The summed E-state index contributed by atoms with van der Waals surface area (Å²) in [4.78, 5) is 12.2. The maximum absolute atomic E-state index is 12.2. The molecule has 20 heavy (non-hydrogen) atoms. The highest BCUT2D eigenvalue weighted by Crippen LogP contribution is 2.42. The zero-order valence-corrected chi connectivity index (χ0v) is 13.4. The Labute approximate surface area is 123 Å². The Morgan fingerprint density at radius 1 is 1.50 bits per heavy atom. The van der Waals surface area contributed by atoms with Crippen molar-refractivity contribution in [3.8, 4) is 0 Å². The molecule has 1 amide bonds. The van der Waals surface area contributed by atoms with Crippen LogP contribution in [0.4, 0.5) is 0 Å². The number of ether oxygens (including phenoxy) is 1. The molecule has 4 atom stereocenters. The van der Waals surface area contributed by atoms with E-state index in [1.807, 2.05) is 0 Å². The zero-order chi connectivity index (χ0) is 14.8. The summed E-state index contributed by atoms with van der Waals surface area (Å²) in [6, 6.07) is 0.261. The smallest absolute Gasteiger partial charge is 0.220 e. The van der Waals surface area contributed by atoms with Gasteiger partial charge in [0.05, 0.1) is 6.10 Å². The number of hydrogen-bond donors (Lipinski definition) is 2. The maximum Gasteiger partial charge on any atom is 0.220 e. The van der Waals surface area contributed by atoms with Crippen molar-refractivity contribution < 1.29 is 9.53 Å². The molecular weight excluding hydrogens is 252 g/mol. The summed E-state index contributed by atoms with van der Waals surface area (Å²) < 4.78 is 5.43. The van der Waals surface area contributed by atoms with Gasteiger partial charge in [-0.1, -0.05) is 20.8 Å². The van der Waals surface area contributed by atoms with Gasteiger partial charge < -0.3 is 15.4 Å². The number of hydrogen-bond acceptors (Lipinski definition) is 3. The predicted molar refractivity (Wildman–Crippen MR) is 80.5 cm³/mol. The van der Waals surface area contributed by atoms with Crippen molar-refractivity contribution >= 4 is 5.91 Å². The van der Waals surface area contributed by atoms with E-state index in [0.29, 0.717) is 18.3 Å². The molecule has 1 saturated heterocycles. The fourth-order valence-electron chi connectivity index (χ4n) is 3.61. The Balaban J connectivity index is 1.75. The van der Waals surface area contributed by atoms with E-state index in [0.717, 1.165) is 19.5 Å². The van der Waals surface area contributed by atoms with Gasteiger partial charge in [0.2, 0.25) is 5.91 Å². The average Bonchev–Trinajstić information content (AvgIpc) is 2.43. The van der Waals surface area contributed by atoms with Gasteiger partial charge in [-0.05, 0) is 44.2 Å². The van der Waals surface area contributed by atoms with Crippen LogP contribution in [0, 0.1) is 17.3 Å². The maximum atomic E-state index is 12.2. The van der Waals surface area contributed by atoms with Gasteiger partial charge in [0.1, 0.15) is 0 Å². The first-order valence-electron chi connectivity index (χ1n) is 7.98. The molecule has 1 heterocycles. The molecule has 2 N–H and O–H groups in total. The third-order valence-electron chi connectivity index (χ3n) is 5.44. The van der Waals surface area contributed by atoms with Crippen molar-refractivity contribution in [3.63, 3.8) is 0 Å². The molecule has 1 aliphatic carbocycles. The summed E-state index contributed by atoms with van der Waals surface area (Å²) in [7, 11) is 1.75. The van der Waals surface area contributed by atoms with E-state index < -0.39 is 0 Å². The van der Waals surface area contributed by atoms with E-state index in [1.54, 1.807) is 7.11 Å². The van der Waals surface area contributed by atoms with Gasteiger partial charge in [0, 0.05) is 25.0 Å². The summed E-state index contributed by atoms with van der Waals surface area (Å²) in [6.07, 6.45) is 4.35. The Kier molecular flexibility index (Phi) is 5.08. The lowest BCUT2D eigenvalue weighted by Crippen LogP contribution is -2.61. The van der Waals surface area contributed by atoms with Gasteiger partial charge in [-0.3, -0.25) is 4.79 Å². The van der Waals surface area contributed by atoms with Crippen LogP contribution in [0.1, 0.15) is 46.5 Å². The molecule has 4 unspecified atom stereocenters. The summed E-state index contributed by atoms with van der Waals surface area (Å²) in [5.74, 6) is 1.32. The second-order valence-electron chi connectivity index (χ2n) is 7.19. The number of carbonyl (C=O) groups excluding carboxylic acids is 1. The molecule has 0 bridgehead atoms. The molecule has 2 aliphatic rings. The Hall–Kier alpha value is -0.610. The molecule has 0 aromatic heterocycles. The quantitative estimate of drug-likeness (QED) is 0.810. The lowest BCUT2D eigenvalue weighted by molar-refractivity contribution is -0.133. The fourth-order valence-corrected chi connectivity index (χ4v) is 3.61. The SMILES string of the molecule is COC1CC(NC(=O)CC(C)C2CCCNC2)C1(C)C. The minimum absolute atomic E-state index is 0.0556. The fraction of sp³-hybridized carbons (Fsp3) is 0.938. The van der Waals surface area contributed by atoms with E-state index in [2.05, 4.69) is 31.4 Å². The molecule has 116 valence electrons. The first-order chi connectivity index (χ1) is 9.45. The van der Waals surface area contributed by atoms with Crippen LogP contribution in [-0.4, -0.2) is 38.3 Å². The second-order valence-corrected chi connectivity index (χ2v) is 7.19. The molecular formula is C16H30N2O2.